The molecule has 1 aromatic rings. The summed E-state index contributed by atoms with van der Waals surface area (Å²) >= 11 is 0. The third-order valence-corrected chi connectivity index (χ3v) is 3.43. The maximum Gasteiger partial charge on any atom is 0.00446 e. The number of nitrogens with two attached hydrogens (primary N) is 1. The lowest BCUT2D eigenvalue weighted by Gasteiger charge is -2.31. The fraction of sp³-hybridized carbons (Fsp3) is 0.625. The Labute approximate surface area is 112 Å². The first-order chi connectivity index (χ1) is 8.57. The van der Waals surface area contributed by atoms with E-state index in [9.17, 15) is 0 Å². The van der Waals surface area contributed by atoms with Crippen molar-refractivity contribution in [2.75, 3.05) is 26.2 Å². The summed E-state index contributed by atoms with van der Waals surface area (Å²) in [6.45, 7) is 10.8. The molecule has 0 atom stereocenters. The van der Waals surface area contributed by atoms with Gasteiger partial charge in [-0.3, -0.25) is 0 Å². The van der Waals surface area contributed by atoms with Crippen molar-refractivity contribution < 1.29 is 0 Å². The van der Waals surface area contributed by atoms with E-state index in [1.807, 2.05) is 0 Å². The Balaban J connectivity index is 2.32. The molecule has 18 heavy (non-hydrogen) atoms. The summed E-state index contributed by atoms with van der Waals surface area (Å²) in [4.78, 5) is 2.51. The summed E-state index contributed by atoms with van der Waals surface area (Å²) in [5.74, 6) is 0. The molecule has 0 heterocycles. The summed E-state index contributed by atoms with van der Waals surface area (Å²) in [6, 6.07) is 10.7. The molecular formula is C16H28N2. The highest BCUT2D eigenvalue weighted by Gasteiger charge is 2.18. The Morgan fingerprint density at radius 1 is 1.17 bits per heavy atom. The molecule has 0 radical (unpaired) electrons. The van der Waals surface area contributed by atoms with Gasteiger partial charge in [-0.1, -0.05) is 51.1 Å². The third kappa shape index (κ3) is 5.65. The lowest BCUT2D eigenvalue weighted by atomic mass is 9.93. The zero-order valence-corrected chi connectivity index (χ0v) is 12.2. The Morgan fingerprint density at radius 2 is 1.83 bits per heavy atom. The Hall–Kier alpha value is -0.860. The van der Waals surface area contributed by atoms with Crippen LogP contribution in [0.15, 0.2) is 30.3 Å². The van der Waals surface area contributed by atoms with Crippen molar-refractivity contribution in [2.24, 2.45) is 11.1 Å². The topological polar surface area (TPSA) is 29.3 Å². The minimum atomic E-state index is 0.225. The quantitative estimate of drug-likeness (QED) is 0.766. The molecule has 1 rings (SSSR count). The van der Waals surface area contributed by atoms with Crippen molar-refractivity contribution in [3.05, 3.63) is 35.9 Å². The Bertz CT molecular complexity index is 319. The van der Waals surface area contributed by atoms with Gasteiger partial charge in [-0.15, -0.1) is 0 Å². The zero-order chi connectivity index (χ0) is 13.4. The maximum atomic E-state index is 5.80. The highest BCUT2D eigenvalue weighted by atomic mass is 15.1. The van der Waals surface area contributed by atoms with Crippen LogP contribution in [0, 0.1) is 5.41 Å². The Kier molecular flexibility index (Phi) is 6.37. The van der Waals surface area contributed by atoms with E-state index in [0.29, 0.717) is 0 Å². The van der Waals surface area contributed by atoms with Crippen LogP contribution in [-0.4, -0.2) is 31.1 Å². The SMILES string of the molecule is CCN(CCCc1ccccc1)CC(C)(C)CN. The highest BCUT2D eigenvalue weighted by molar-refractivity contribution is 5.14. The average molecular weight is 248 g/mol. The summed E-state index contributed by atoms with van der Waals surface area (Å²) in [6.07, 6.45) is 2.39. The summed E-state index contributed by atoms with van der Waals surface area (Å²) in [7, 11) is 0. The Morgan fingerprint density at radius 3 is 2.39 bits per heavy atom. The van der Waals surface area contributed by atoms with Crippen molar-refractivity contribution in [1.82, 2.24) is 4.90 Å². The number of hydrogen-bond donors (Lipinski definition) is 1. The summed E-state index contributed by atoms with van der Waals surface area (Å²) < 4.78 is 0. The molecule has 0 aromatic heterocycles. The summed E-state index contributed by atoms with van der Waals surface area (Å²) in [5, 5.41) is 0. The first kappa shape index (κ1) is 15.2. The minimum absolute atomic E-state index is 0.225. The predicted molar refractivity (Wildman–Crippen MR) is 79.7 cm³/mol. The van der Waals surface area contributed by atoms with Gasteiger partial charge in [0.2, 0.25) is 0 Å². The number of aryl methyl sites for hydroxylation is 1. The number of nitrogens with zero attached hydrogens (tertiary/aromatic N) is 1. The molecule has 0 unspecified atom stereocenters. The van der Waals surface area contributed by atoms with E-state index >= 15 is 0 Å². The van der Waals surface area contributed by atoms with E-state index in [-0.39, 0.29) is 5.41 Å². The van der Waals surface area contributed by atoms with E-state index in [1.54, 1.807) is 0 Å². The van der Waals surface area contributed by atoms with Crippen molar-refractivity contribution in [3.63, 3.8) is 0 Å². The molecular weight excluding hydrogens is 220 g/mol. The summed E-state index contributed by atoms with van der Waals surface area (Å²) in [5.41, 5.74) is 7.46. The third-order valence-electron chi connectivity index (χ3n) is 3.43. The number of rotatable bonds is 8. The molecule has 0 fully saturated rings. The molecule has 0 aliphatic heterocycles. The van der Waals surface area contributed by atoms with E-state index in [4.69, 9.17) is 5.73 Å². The largest absolute Gasteiger partial charge is 0.330 e. The van der Waals surface area contributed by atoms with Gasteiger partial charge < -0.3 is 10.6 Å². The average Bonchev–Trinajstić information content (AvgIpc) is 2.38. The first-order valence-electron chi connectivity index (χ1n) is 7.04. The van der Waals surface area contributed by atoms with Gasteiger partial charge in [-0.05, 0) is 43.5 Å². The van der Waals surface area contributed by atoms with E-state index < -0.39 is 0 Å². The first-order valence-corrected chi connectivity index (χ1v) is 7.04. The van der Waals surface area contributed by atoms with Gasteiger partial charge in [0.25, 0.3) is 0 Å². The molecule has 1 aromatic carbocycles. The lowest BCUT2D eigenvalue weighted by molar-refractivity contribution is 0.188. The van der Waals surface area contributed by atoms with Crippen molar-refractivity contribution in [2.45, 2.75) is 33.6 Å². The van der Waals surface area contributed by atoms with Gasteiger partial charge in [-0.2, -0.15) is 0 Å². The molecule has 0 spiro atoms. The monoisotopic (exact) mass is 248 g/mol. The van der Waals surface area contributed by atoms with Gasteiger partial charge in [0.15, 0.2) is 0 Å². The smallest absolute Gasteiger partial charge is 0.00446 e. The maximum absolute atomic E-state index is 5.80. The fourth-order valence-electron chi connectivity index (χ4n) is 2.17. The van der Waals surface area contributed by atoms with E-state index in [1.165, 1.54) is 18.4 Å². The van der Waals surface area contributed by atoms with Crippen LogP contribution in [0.5, 0.6) is 0 Å². The van der Waals surface area contributed by atoms with Gasteiger partial charge in [0, 0.05) is 6.54 Å². The van der Waals surface area contributed by atoms with Gasteiger partial charge in [-0.25, -0.2) is 0 Å². The van der Waals surface area contributed by atoms with Crippen LogP contribution in [0.25, 0.3) is 0 Å². The van der Waals surface area contributed by atoms with E-state index in [0.717, 1.165) is 26.2 Å². The highest BCUT2D eigenvalue weighted by Crippen LogP contribution is 2.15. The number of hydrogen-bond acceptors (Lipinski definition) is 2. The molecule has 2 nitrogen and oxygen atoms in total. The molecule has 0 amide bonds. The van der Waals surface area contributed by atoms with Crippen LogP contribution in [0.3, 0.4) is 0 Å². The zero-order valence-electron chi connectivity index (χ0n) is 12.2. The molecule has 0 bridgehead atoms. The molecule has 2 heteroatoms. The second-order valence-electron chi connectivity index (χ2n) is 5.83. The minimum Gasteiger partial charge on any atom is -0.330 e. The standard InChI is InChI=1S/C16H28N2/c1-4-18(14-16(2,3)13-17)12-8-11-15-9-6-5-7-10-15/h5-7,9-10H,4,8,11-14,17H2,1-3H3. The van der Waals surface area contributed by atoms with Gasteiger partial charge in [0.05, 0.1) is 0 Å². The fourth-order valence-corrected chi connectivity index (χ4v) is 2.17. The van der Waals surface area contributed by atoms with Crippen LogP contribution in [0.4, 0.5) is 0 Å². The molecule has 0 aliphatic rings. The van der Waals surface area contributed by atoms with Gasteiger partial charge in [0.1, 0.15) is 0 Å². The normalized spacial score (nSPS) is 12.1. The molecule has 102 valence electrons. The second kappa shape index (κ2) is 7.55. The van der Waals surface area contributed by atoms with Crippen LogP contribution in [0.2, 0.25) is 0 Å². The number of benzene rings is 1. The van der Waals surface area contributed by atoms with Crippen LogP contribution < -0.4 is 5.73 Å². The van der Waals surface area contributed by atoms with Crippen molar-refractivity contribution in [1.29, 1.82) is 0 Å². The van der Waals surface area contributed by atoms with Crippen LogP contribution >= 0.6 is 0 Å². The second-order valence-corrected chi connectivity index (χ2v) is 5.83. The van der Waals surface area contributed by atoms with Crippen LogP contribution in [0.1, 0.15) is 32.8 Å². The lowest BCUT2D eigenvalue weighted by Crippen LogP contribution is -2.39. The molecule has 0 aliphatic carbocycles. The van der Waals surface area contributed by atoms with Gasteiger partial charge >= 0.3 is 0 Å². The van der Waals surface area contributed by atoms with Crippen LogP contribution in [-0.2, 0) is 6.42 Å². The van der Waals surface area contributed by atoms with Crippen molar-refractivity contribution in [3.8, 4) is 0 Å². The molecule has 0 saturated carbocycles. The molecule has 0 saturated heterocycles. The van der Waals surface area contributed by atoms with E-state index in [2.05, 4.69) is 56.0 Å². The van der Waals surface area contributed by atoms with Crippen molar-refractivity contribution >= 4 is 0 Å². The predicted octanol–water partition coefficient (Wildman–Crippen LogP) is 2.93. The molecule has 2 N–H and O–H groups in total.